The van der Waals surface area contributed by atoms with E-state index < -0.39 is 38.0 Å². The van der Waals surface area contributed by atoms with Crippen molar-refractivity contribution in [1.29, 1.82) is 0 Å². The van der Waals surface area contributed by atoms with Gasteiger partial charge in [0.25, 0.3) is 13.9 Å². The van der Waals surface area contributed by atoms with Crippen LogP contribution in [0.4, 0.5) is 0 Å². The fraction of sp³-hybridized carbons (Fsp3) is 0.360. The quantitative estimate of drug-likeness (QED) is 0.540. The Morgan fingerprint density at radius 2 is 1.61 bits per heavy atom. The Kier molecular flexibility index (Phi) is 6.53. The largest absolute Gasteiger partial charge is 0.405 e. The molecule has 33 heavy (non-hydrogen) atoms. The highest BCUT2D eigenvalue weighted by Gasteiger charge is 2.51. The molecule has 3 atom stereocenters. The van der Waals surface area contributed by atoms with Crippen LogP contribution in [0.15, 0.2) is 82.5 Å². The number of aliphatic hydroxyl groups is 1. The summed E-state index contributed by atoms with van der Waals surface area (Å²) in [6.45, 7) is 6.75. The molecule has 1 saturated heterocycles. The van der Waals surface area contributed by atoms with Crippen molar-refractivity contribution < 1.29 is 14.3 Å². The number of hydrogen-bond acceptors (Lipinski definition) is 5. The molecule has 8 heteroatoms. The van der Waals surface area contributed by atoms with Crippen LogP contribution in [-0.2, 0) is 9.16 Å². The molecule has 4 rings (SSSR count). The molecule has 2 aromatic carbocycles. The van der Waals surface area contributed by atoms with Crippen LogP contribution < -0.4 is 21.6 Å². The third kappa shape index (κ3) is 4.52. The number of aromatic nitrogens is 2. The fourth-order valence-electron chi connectivity index (χ4n) is 4.66. The van der Waals surface area contributed by atoms with Crippen LogP contribution in [0.5, 0.6) is 0 Å². The predicted molar refractivity (Wildman–Crippen MR) is 129 cm³/mol. The van der Waals surface area contributed by atoms with Gasteiger partial charge >= 0.3 is 5.69 Å². The van der Waals surface area contributed by atoms with E-state index in [0.717, 1.165) is 10.4 Å². The molecule has 1 aliphatic heterocycles. The summed E-state index contributed by atoms with van der Waals surface area (Å²) < 4.78 is 14.2. The van der Waals surface area contributed by atoms with Crippen LogP contribution in [0.2, 0.25) is 5.04 Å². The van der Waals surface area contributed by atoms with E-state index in [1.807, 2.05) is 36.4 Å². The van der Waals surface area contributed by atoms with Crippen molar-refractivity contribution in [2.75, 3.05) is 6.61 Å². The highest BCUT2D eigenvalue weighted by Crippen LogP contribution is 2.38. The van der Waals surface area contributed by atoms with Crippen LogP contribution in [0.3, 0.4) is 0 Å². The molecule has 0 amide bonds. The second-order valence-corrected chi connectivity index (χ2v) is 13.7. The first-order valence-electron chi connectivity index (χ1n) is 11.1. The number of hydrogen-bond donors (Lipinski definition) is 2. The minimum Gasteiger partial charge on any atom is -0.405 e. The maximum absolute atomic E-state index is 12.2. The smallest absolute Gasteiger partial charge is 0.330 e. The average molecular weight is 467 g/mol. The zero-order valence-electron chi connectivity index (χ0n) is 19.1. The Balaban J connectivity index is 1.65. The molecule has 3 aromatic rings. The van der Waals surface area contributed by atoms with Gasteiger partial charge in [-0.25, -0.2) is 4.79 Å². The number of ether oxygens (including phenoxy) is 1. The van der Waals surface area contributed by atoms with E-state index in [4.69, 9.17) is 9.16 Å². The lowest BCUT2D eigenvalue weighted by molar-refractivity contribution is -0.0426. The van der Waals surface area contributed by atoms with Crippen LogP contribution in [0.1, 0.15) is 33.4 Å². The minimum absolute atomic E-state index is 0.184. The summed E-state index contributed by atoms with van der Waals surface area (Å²) in [4.78, 5) is 25.8. The van der Waals surface area contributed by atoms with Gasteiger partial charge in [0.05, 0.1) is 12.7 Å². The molecular weight excluding hydrogens is 436 g/mol. The summed E-state index contributed by atoms with van der Waals surface area (Å²) in [6.07, 6.45) is -0.440. The third-order valence-corrected chi connectivity index (χ3v) is 11.3. The number of aromatic amines is 1. The first-order chi connectivity index (χ1) is 15.7. The molecule has 1 fully saturated rings. The van der Waals surface area contributed by atoms with Gasteiger partial charge in [-0.05, 0) is 15.4 Å². The van der Waals surface area contributed by atoms with Crippen molar-refractivity contribution in [2.24, 2.45) is 0 Å². The number of rotatable bonds is 6. The number of nitrogens with one attached hydrogen (secondary N) is 1. The van der Waals surface area contributed by atoms with E-state index in [1.54, 1.807) is 0 Å². The van der Waals surface area contributed by atoms with Crippen molar-refractivity contribution in [3.05, 3.63) is 93.8 Å². The first-order valence-corrected chi connectivity index (χ1v) is 13.0. The van der Waals surface area contributed by atoms with E-state index in [1.165, 1.54) is 16.8 Å². The van der Waals surface area contributed by atoms with Gasteiger partial charge in [-0.1, -0.05) is 81.4 Å². The van der Waals surface area contributed by atoms with E-state index in [-0.39, 0.29) is 18.1 Å². The predicted octanol–water partition coefficient (Wildman–Crippen LogP) is 1.76. The van der Waals surface area contributed by atoms with Gasteiger partial charge in [0.2, 0.25) is 0 Å². The van der Waals surface area contributed by atoms with Crippen molar-refractivity contribution in [1.82, 2.24) is 9.55 Å². The molecule has 0 radical (unpaired) electrons. The lowest BCUT2D eigenvalue weighted by Crippen LogP contribution is -2.67. The molecular formula is C25H30N2O5Si. The van der Waals surface area contributed by atoms with Crippen molar-refractivity contribution >= 4 is 18.7 Å². The Labute approximate surface area is 193 Å². The summed E-state index contributed by atoms with van der Waals surface area (Å²) in [5, 5.41) is 12.8. The number of H-pyrrole nitrogens is 1. The molecule has 2 N–H and O–H groups in total. The van der Waals surface area contributed by atoms with E-state index in [0.29, 0.717) is 0 Å². The molecule has 7 nitrogen and oxygen atoms in total. The summed E-state index contributed by atoms with van der Waals surface area (Å²) in [6, 6.07) is 21.8. The molecule has 174 valence electrons. The van der Waals surface area contributed by atoms with Crippen molar-refractivity contribution in [3.8, 4) is 0 Å². The highest BCUT2D eigenvalue weighted by molar-refractivity contribution is 6.99. The van der Waals surface area contributed by atoms with E-state index >= 15 is 0 Å². The van der Waals surface area contributed by atoms with Crippen LogP contribution >= 0.6 is 0 Å². The van der Waals surface area contributed by atoms with Gasteiger partial charge in [0.1, 0.15) is 12.3 Å². The molecule has 0 aliphatic carbocycles. The second kappa shape index (κ2) is 9.22. The van der Waals surface area contributed by atoms with Gasteiger partial charge in [-0.15, -0.1) is 0 Å². The zero-order valence-corrected chi connectivity index (χ0v) is 20.1. The molecule has 1 aromatic heterocycles. The summed E-state index contributed by atoms with van der Waals surface area (Å²) >= 11 is 0. The van der Waals surface area contributed by atoms with Crippen LogP contribution in [0.25, 0.3) is 0 Å². The maximum atomic E-state index is 12.2. The normalized spacial score (nSPS) is 21.3. The average Bonchev–Trinajstić information content (AvgIpc) is 3.15. The molecule has 0 unspecified atom stereocenters. The molecule has 0 bridgehead atoms. The third-order valence-electron chi connectivity index (χ3n) is 6.25. The fourth-order valence-corrected chi connectivity index (χ4v) is 9.23. The first kappa shape index (κ1) is 23.4. The van der Waals surface area contributed by atoms with Crippen LogP contribution in [0, 0.1) is 0 Å². The Morgan fingerprint density at radius 3 is 2.12 bits per heavy atom. The van der Waals surface area contributed by atoms with Crippen molar-refractivity contribution in [3.63, 3.8) is 0 Å². The summed E-state index contributed by atoms with van der Waals surface area (Å²) in [5.41, 5.74) is -1.03. The second-order valence-electron chi connectivity index (χ2n) is 9.42. The molecule has 1 aliphatic rings. The summed E-state index contributed by atoms with van der Waals surface area (Å²) in [7, 11) is -2.77. The lowest BCUT2D eigenvalue weighted by Gasteiger charge is -2.43. The molecule has 0 saturated carbocycles. The SMILES string of the molecule is CC(C)(C)[Si](OC[C@@H]1O[C@H](n2ccc(=O)[nH]c2=O)C[C@@H]1O)(c1ccccc1)c1ccccc1. The van der Waals surface area contributed by atoms with Crippen molar-refractivity contribution in [2.45, 2.75) is 50.7 Å². The van der Waals surface area contributed by atoms with Gasteiger partial charge in [-0.3, -0.25) is 14.3 Å². The monoisotopic (exact) mass is 466 g/mol. The van der Waals surface area contributed by atoms with Crippen LogP contribution in [-0.4, -0.2) is 41.8 Å². The van der Waals surface area contributed by atoms with E-state index in [2.05, 4.69) is 50.0 Å². The molecule has 2 heterocycles. The Morgan fingerprint density at radius 1 is 1.03 bits per heavy atom. The Bertz CT molecular complexity index is 1150. The molecule has 0 spiro atoms. The van der Waals surface area contributed by atoms with Gasteiger partial charge in [-0.2, -0.15) is 0 Å². The maximum Gasteiger partial charge on any atom is 0.330 e. The van der Waals surface area contributed by atoms with E-state index in [9.17, 15) is 14.7 Å². The number of aliphatic hydroxyl groups excluding tert-OH is 1. The number of nitrogens with zero attached hydrogens (tertiary/aromatic N) is 1. The lowest BCUT2D eigenvalue weighted by atomic mass is 10.2. The Hall–Kier alpha value is -2.78. The zero-order chi connectivity index (χ0) is 23.6. The van der Waals surface area contributed by atoms with Gasteiger partial charge in [0, 0.05) is 18.7 Å². The highest BCUT2D eigenvalue weighted by atomic mass is 28.4. The number of benzene rings is 2. The van der Waals surface area contributed by atoms with Gasteiger partial charge in [0.15, 0.2) is 0 Å². The standard InChI is InChI=1S/C25H30N2O5Si/c1-25(2,3)33(18-10-6-4-7-11-18,19-12-8-5-9-13-19)31-17-21-20(28)16-23(32-21)27-15-14-22(29)26-24(27)30/h4-15,20-21,23,28H,16-17H2,1-3H3,(H,26,29,30)/t20-,21-,23-/m0/s1. The minimum atomic E-state index is -2.77. The van der Waals surface area contributed by atoms with Gasteiger partial charge < -0.3 is 14.3 Å². The summed E-state index contributed by atoms with van der Waals surface area (Å²) in [5.74, 6) is 0. The topological polar surface area (TPSA) is 93.5 Å².